The van der Waals surface area contributed by atoms with Crippen molar-refractivity contribution in [2.45, 2.75) is 26.3 Å². The van der Waals surface area contributed by atoms with E-state index in [4.69, 9.17) is 0 Å². The van der Waals surface area contributed by atoms with E-state index < -0.39 is 4.92 Å². The van der Waals surface area contributed by atoms with Crippen molar-refractivity contribution in [3.63, 3.8) is 0 Å². The molecule has 0 aliphatic rings. The number of hydrogen-bond donors (Lipinski definition) is 1. The third kappa shape index (κ3) is 3.88. The molecule has 0 radical (unpaired) electrons. The summed E-state index contributed by atoms with van der Waals surface area (Å²) >= 11 is 0. The molecular formula is C14H16N4O3. The largest absolute Gasteiger partial charge is 0.324 e. The second-order valence-corrected chi connectivity index (χ2v) is 4.98. The van der Waals surface area contributed by atoms with Crippen molar-refractivity contribution in [2.75, 3.05) is 5.32 Å². The number of rotatable bonds is 5. The molecule has 0 atom stereocenters. The molecule has 0 bridgehead atoms. The molecule has 0 unspecified atom stereocenters. The van der Waals surface area contributed by atoms with Crippen LogP contribution >= 0.6 is 0 Å². The van der Waals surface area contributed by atoms with Gasteiger partial charge in [-0.3, -0.25) is 19.6 Å². The third-order valence-electron chi connectivity index (χ3n) is 3.00. The molecule has 7 heteroatoms. The highest BCUT2D eigenvalue weighted by molar-refractivity contribution is 5.90. The Morgan fingerprint density at radius 3 is 2.57 bits per heavy atom. The summed E-state index contributed by atoms with van der Waals surface area (Å²) in [6.45, 7) is 4.12. The first-order valence-corrected chi connectivity index (χ1v) is 6.52. The standard InChI is InChI=1S/C14H16N4O3/c1-10(2)11-3-5-12(6-4-11)16-14(19)9-17-8-13(7-15-17)18(20)21/h3-8,10H,9H2,1-2H3,(H,16,19). The van der Waals surface area contributed by atoms with E-state index in [0.717, 1.165) is 6.20 Å². The first-order chi connectivity index (χ1) is 9.95. The molecule has 2 aromatic rings. The Labute approximate surface area is 121 Å². The Morgan fingerprint density at radius 1 is 1.38 bits per heavy atom. The number of anilines is 1. The van der Waals surface area contributed by atoms with Gasteiger partial charge in [0.05, 0.1) is 4.92 Å². The molecule has 0 aliphatic heterocycles. The van der Waals surface area contributed by atoms with E-state index >= 15 is 0 Å². The van der Waals surface area contributed by atoms with Crippen LogP contribution in [0.3, 0.4) is 0 Å². The van der Waals surface area contributed by atoms with E-state index in [2.05, 4.69) is 24.3 Å². The first kappa shape index (κ1) is 14.7. The fraction of sp³-hybridized carbons (Fsp3) is 0.286. The lowest BCUT2D eigenvalue weighted by atomic mass is 10.0. The second-order valence-electron chi connectivity index (χ2n) is 4.98. The highest BCUT2D eigenvalue weighted by Gasteiger charge is 2.11. The van der Waals surface area contributed by atoms with E-state index in [1.165, 1.54) is 16.4 Å². The molecule has 21 heavy (non-hydrogen) atoms. The molecule has 0 fully saturated rings. The summed E-state index contributed by atoms with van der Waals surface area (Å²) in [5.74, 6) is 0.143. The second kappa shape index (κ2) is 6.17. The zero-order valence-corrected chi connectivity index (χ0v) is 11.8. The summed E-state index contributed by atoms with van der Waals surface area (Å²) in [6, 6.07) is 7.58. The van der Waals surface area contributed by atoms with Crippen LogP contribution < -0.4 is 5.32 Å². The van der Waals surface area contributed by atoms with Crippen molar-refractivity contribution in [3.8, 4) is 0 Å². The van der Waals surface area contributed by atoms with Gasteiger partial charge in [0.15, 0.2) is 0 Å². The first-order valence-electron chi connectivity index (χ1n) is 6.52. The Bertz CT molecular complexity index is 646. The van der Waals surface area contributed by atoms with Gasteiger partial charge in [0.2, 0.25) is 5.91 Å². The van der Waals surface area contributed by atoms with Crippen molar-refractivity contribution in [1.82, 2.24) is 9.78 Å². The quantitative estimate of drug-likeness (QED) is 0.676. The maximum Gasteiger partial charge on any atom is 0.307 e. The highest BCUT2D eigenvalue weighted by Crippen LogP contribution is 2.17. The van der Waals surface area contributed by atoms with Crippen molar-refractivity contribution in [3.05, 3.63) is 52.3 Å². The van der Waals surface area contributed by atoms with E-state index in [-0.39, 0.29) is 18.1 Å². The fourth-order valence-electron chi connectivity index (χ4n) is 1.83. The number of nitrogens with zero attached hydrogens (tertiary/aromatic N) is 3. The summed E-state index contributed by atoms with van der Waals surface area (Å²) in [6.07, 6.45) is 2.34. The number of nitro groups is 1. The number of amides is 1. The monoisotopic (exact) mass is 288 g/mol. The number of benzene rings is 1. The Balaban J connectivity index is 1.96. The molecule has 2 rings (SSSR count). The molecule has 0 saturated carbocycles. The van der Waals surface area contributed by atoms with Crippen LogP contribution in [0.25, 0.3) is 0 Å². The van der Waals surface area contributed by atoms with Crippen molar-refractivity contribution in [2.24, 2.45) is 0 Å². The van der Waals surface area contributed by atoms with Crippen molar-refractivity contribution < 1.29 is 9.72 Å². The van der Waals surface area contributed by atoms with Gasteiger partial charge >= 0.3 is 5.69 Å². The lowest BCUT2D eigenvalue weighted by Gasteiger charge is -2.08. The topological polar surface area (TPSA) is 90.1 Å². The fourth-order valence-corrected chi connectivity index (χ4v) is 1.83. The lowest BCUT2D eigenvalue weighted by Crippen LogP contribution is -2.18. The molecule has 1 heterocycles. The van der Waals surface area contributed by atoms with Gasteiger partial charge in [-0.1, -0.05) is 26.0 Å². The molecule has 110 valence electrons. The molecular weight excluding hydrogens is 272 g/mol. The molecule has 1 N–H and O–H groups in total. The predicted octanol–water partition coefficient (Wildman–Crippen LogP) is 2.55. The van der Waals surface area contributed by atoms with Gasteiger partial charge in [0.25, 0.3) is 0 Å². The molecule has 0 spiro atoms. The molecule has 1 aromatic carbocycles. The number of hydrogen-bond acceptors (Lipinski definition) is 4. The van der Waals surface area contributed by atoms with Gasteiger partial charge in [0.1, 0.15) is 18.9 Å². The van der Waals surface area contributed by atoms with Crippen LogP contribution in [0.5, 0.6) is 0 Å². The van der Waals surface area contributed by atoms with Gasteiger partial charge in [0, 0.05) is 5.69 Å². The molecule has 0 aliphatic carbocycles. The summed E-state index contributed by atoms with van der Waals surface area (Å²) in [4.78, 5) is 21.8. The summed E-state index contributed by atoms with van der Waals surface area (Å²) in [5.41, 5.74) is 1.74. The van der Waals surface area contributed by atoms with E-state index in [1.807, 2.05) is 24.3 Å². The van der Waals surface area contributed by atoms with Crippen LogP contribution in [-0.4, -0.2) is 20.6 Å². The van der Waals surface area contributed by atoms with Crippen molar-refractivity contribution in [1.29, 1.82) is 0 Å². The van der Waals surface area contributed by atoms with Crippen LogP contribution in [0.1, 0.15) is 25.3 Å². The highest BCUT2D eigenvalue weighted by atomic mass is 16.6. The van der Waals surface area contributed by atoms with Gasteiger partial charge in [-0.2, -0.15) is 5.10 Å². The van der Waals surface area contributed by atoms with Crippen LogP contribution in [0.15, 0.2) is 36.7 Å². The van der Waals surface area contributed by atoms with Gasteiger partial charge in [-0.25, -0.2) is 0 Å². The number of nitrogens with one attached hydrogen (secondary N) is 1. The molecule has 1 aromatic heterocycles. The molecule has 7 nitrogen and oxygen atoms in total. The molecule has 1 amide bonds. The van der Waals surface area contributed by atoms with Crippen LogP contribution in [-0.2, 0) is 11.3 Å². The van der Waals surface area contributed by atoms with Gasteiger partial charge in [-0.05, 0) is 23.6 Å². The minimum atomic E-state index is -0.550. The average Bonchev–Trinajstić information content (AvgIpc) is 2.87. The van der Waals surface area contributed by atoms with Gasteiger partial charge < -0.3 is 5.32 Å². The number of aromatic nitrogens is 2. The predicted molar refractivity (Wildman–Crippen MR) is 78.0 cm³/mol. The summed E-state index contributed by atoms with van der Waals surface area (Å²) in [7, 11) is 0. The van der Waals surface area contributed by atoms with Gasteiger partial charge in [-0.15, -0.1) is 0 Å². The van der Waals surface area contributed by atoms with Crippen LogP contribution in [0.2, 0.25) is 0 Å². The third-order valence-corrected chi connectivity index (χ3v) is 3.00. The average molecular weight is 288 g/mol. The van der Waals surface area contributed by atoms with E-state index in [0.29, 0.717) is 11.6 Å². The summed E-state index contributed by atoms with van der Waals surface area (Å²) < 4.78 is 1.23. The number of carbonyl (C=O) groups excluding carboxylic acids is 1. The smallest absolute Gasteiger partial charge is 0.307 e. The number of carbonyl (C=O) groups is 1. The minimum Gasteiger partial charge on any atom is -0.324 e. The van der Waals surface area contributed by atoms with E-state index in [1.54, 1.807) is 0 Å². The lowest BCUT2D eigenvalue weighted by molar-refractivity contribution is -0.385. The minimum absolute atomic E-state index is 0.0697. The zero-order chi connectivity index (χ0) is 15.4. The van der Waals surface area contributed by atoms with Crippen molar-refractivity contribution >= 4 is 17.3 Å². The molecule has 0 saturated heterocycles. The Kier molecular flexibility index (Phi) is 4.32. The summed E-state index contributed by atoms with van der Waals surface area (Å²) in [5, 5.41) is 17.0. The van der Waals surface area contributed by atoms with E-state index in [9.17, 15) is 14.9 Å². The van der Waals surface area contributed by atoms with Crippen LogP contribution in [0.4, 0.5) is 11.4 Å². The van der Waals surface area contributed by atoms with Crippen LogP contribution in [0, 0.1) is 10.1 Å². The normalized spacial score (nSPS) is 10.6. The zero-order valence-electron chi connectivity index (χ0n) is 11.8. The maximum absolute atomic E-state index is 11.8. The maximum atomic E-state index is 11.8. The SMILES string of the molecule is CC(C)c1ccc(NC(=O)Cn2cc([N+](=O)[O-])cn2)cc1. The Hall–Kier alpha value is -2.70. The Morgan fingerprint density at radius 2 is 2.05 bits per heavy atom.